The highest BCUT2D eigenvalue weighted by atomic mass is 16.6. The third-order valence-electron chi connectivity index (χ3n) is 12.8. The number of nitrogens with zero attached hydrogens (tertiary/aromatic N) is 2. The zero-order chi connectivity index (χ0) is 48.5. The number of benzene rings is 6. The number of carbonyl (C=O) groups excluding carboxylic acids is 3. The molecule has 2 unspecified atom stereocenters. The van der Waals surface area contributed by atoms with Gasteiger partial charge < -0.3 is 29.6 Å². The number of aryl methyl sites for hydroxylation is 1. The van der Waals surface area contributed by atoms with Crippen molar-refractivity contribution in [1.29, 1.82) is 0 Å². The number of esters is 1. The predicted molar refractivity (Wildman–Crippen MR) is 264 cm³/mol. The van der Waals surface area contributed by atoms with Gasteiger partial charge in [0, 0.05) is 30.5 Å². The standard InChI is InChI=1S/C57H59N3O9/c1-57(2,3)69-53(61)30-29-51(55(58)62)59-36-44-33-41(19-26-49(44)56(59)63)42-21-28-50(60(64)65)52(35-42)67-32-12-6-11-31-66-45-22-17-40(18-23-45)54-47(39-15-9-5-10-16-39)25-20-43-34-46(24-27-48(43)54)68-37-38-13-7-4-8-14-38/h4-5,7-10,13-19,21-24,26-28,33-35,47,51,54H,6,11-12,20,25,29-32,36-37H2,1-3H3,(H2,58,62)/t47?,51-,54?/m0/s1. The van der Waals surface area contributed by atoms with E-state index in [1.54, 1.807) is 45.0 Å². The van der Waals surface area contributed by atoms with Gasteiger partial charge in [-0.25, -0.2) is 0 Å². The summed E-state index contributed by atoms with van der Waals surface area (Å²) in [5, 5.41) is 12.0. The van der Waals surface area contributed by atoms with Crippen molar-refractivity contribution in [2.45, 2.75) is 102 Å². The Morgan fingerprint density at radius 3 is 2.14 bits per heavy atom. The van der Waals surface area contributed by atoms with Crippen molar-refractivity contribution in [3.8, 4) is 28.4 Å². The van der Waals surface area contributed by atoms with Crippen molar-refractivity contribution in [3.63, 3.8) is 0 Å². The number of rotatable bonds is 20. The molecule has 0 saturated heterocycles. The van der Waals surface area contributed by atoms with Gasteiger partial charge in [-0.15, -0.1) is 0 Å². The number of amides is 2. The Kier molecular flexibility index (Phi) is 15.1. The van der Waals surface area contributed by atoms with Crippen LogP contribution in [0.25, 0.3) is 11.1 Å². The van der Waals surface area contributed by atoms with Crippen LogP contribution in [-0.2, 0) is 33.9 Å². The first-order chi connectivity index (χ1) is 33.3. The maximum Gasteiger partial charge on any atom is 0.310 e. The smallest absolute Gasteiger partial charge is 0.310 e. The predicted octanol–water partition coefficient (Wildman–Crippen LogP) is 11.3. The summed E-state index contributed by atoms with van der Waals surface area (Å²) < 4.78 is 23.8. The van der Waals surface area contributed by atoms with E-state index in [0.29, 0.717) is 42.2 Å². The van der Waals surface area contributed by atoms with Crippen LogP contribution >= 0.6 is 0 Å². The molecule has 6 aromatic carbocycles. The maximum absolute atomic E-state index is 13.4. The Bertz CT molecular complexity index is 2770. The molecule has 8 rings (SSSR count). The quantitative estimate of drug-likeness (QED) is 0.0340. The Balaban J connectivity index is 0.844. The normalized spacial score (nSPS) is 15.7. The van der Waals surface area contributed by atoms with Crippen molar-refractivity contribution in [2.75, 3.05) is 13.2 Å². The van der Waals surface area contributed by atoms with Gasteiger partial charge in [0.1, 0.15) is 29.7 Å². The summed E-state index contributed by atoms with van der Waals surface area (Å²) in [6, 6.07) is 45.0. The summed E-state index contributed by atoms with van der Waals surface area (Å²) in [5.41, 5.74) is 13.7. The zero-order valence-electron chi connectivity index (χ0n) is 39.4. The molecule has 69 heavy (non-hydrogen) atoms. The molecule has 0 radical (unpaired) electrons. The molecule has 0 aromatic heterocycles. The summed E-state index contributed by atoms with van der Waals surface area (Å²) in [4.78, 5) is 51.2. The second-order valence-electron chi connectivity index (χ2n) is 18.8. The SMILES string of the molecule is CC(C)(C)OC(=O)CC[C@@H](C(N)=O)N1Cc2cc(-c3ccc([N+](=O)[O-])c(OCCCCCOc4ccc(C5c6ccc(OCc7ccccc7)cc6CCC5c5ccccc5)cc4)c3)ccc2C1=O. The molecule has 0 bridgehead atoms. The van der Waals surface area contributed by atoms with Crippen LogP contribution in [0.4, 0.5) is 5.69 Å². The van der Waals surface area contributed by atoms with Crippen molar-refractivity contribution in [3.05, 3.63) is 189 Å². The van der Waals surface area contributed by atoms with E-state index >= 15 is 0 Å². The van der Waals surface area contributed by atoms with E-state index in [1.807, 2.05) is 24.3 Å². The van der Waals surface area contributed by atoms with Crippen LogP contribution in [0, 0.1) is 10.1 Å². The van der Waals surface area contributed by atoms with Crippen LogP contribution in [0.5, 0.6) is 17.2 Å². The van der Waals surface area contributed by atoms with Gasteiger partial charge in [-0.05, 0) is 158 Å². The number of primary amides is 1. The first-order valence-corrected chi connectivity index (χ1v) is 23.8. The monoisotopic (exact) mass is 929 g/mol. The average Bonchev–Trinajstić information content (AvgIpc) is 3.67. The van der Waals surface area contributed by atoms with E-state index in [2.05, 4.69) is 84.9 Å². The molecule has 356 valence electrons. The summed E-state index contributed by atoms with van der Waals surface area (Å²) >= 11 is 0. The van der Waals surface area contributed by atoms with E-state index in [0.717, 1.165) is 48.3 Å². The van der Waals surface area contributed by atoms with Crippen molar-refractivity contribution in [1.82, 2.24) is 4.90 Å². The first-order valence-electron chi connectivity index (χ1n) is 23.8. The fraction of sp³-hybridized carbons (Fsp3) is 0.316. The highest BCUT2D eigenvalue weighted by molar-refractivity contribution is 6.01. The summed E-state index contributed by atoms with van der Waals surface area (Å²) in [5.74, 6) is 0.790. The highest BCUT2D eigenvalue weighted by Gasteiger charge is 2.37. The summed E-state index contributed by atoms with van der Waals surface area (Å²) in [7, 11) is 0. The lowest BCUT2D eigenvalue weighted by Crippen LogP contribution is -2.45. The second-order valence-corrected chi connectivity index (χ2v) is 18.8. The Morgan fingerprint density at radius 2 is 1.43 bits per heavy atom. The van der Waals surface area contributed by atoms with Gasteiger partial charge in [0.2, 0.25) is 5.91 Å². The number of nitro groups is 1. The highest BCUT2D eigenvalue weighted by Crippen LogP contribution is 2.47. The number of unbranched alkanes of at least 4 members (excludes halogenated alkanes) is 2. The van der Waals surface area contributed by atoms with Gasteiger partial charge in [0.05, 0.1) is 18.1 Å². The number of carbonyl (C=O) groups is 3. The minimum atomic E-state index is -1.00. The molecule has 1 aliphatic heterocycles. The Hall–Kier alpha value is -7.47. The van der Waals surface area contributed by atoms with Gasteiger partial charge in [-0.2, -0.15) is 0 Å². The van der Waals surface area contributed by atoms with Gasteiger partial charge >= 0.3 is 11.7 Å². The van der Waals surface area contributed by atoms with Crippen molar-refractivity contribution >= 4 is 23.5 Å². The lowest BCUT2D eigenvalue weighted by atomic mass is 9.69. The minimum Gasteiger partial charge on any atom is -0.494 e. The molecule has 1 aliphatic carbocycles. The van der Waals surface area contributed by atoms with Crippen LogP contribution in [0.15, 0.2) is 140 Å². The topological polar surface area (TPSA) is 161 Å². The first kappa shape index (κ1) is 48.0. The number of nitro benzene ring substituents is 1. The number of fused-ring (bicyclic) bond motifs is 2. The van der Waals surface area contributed by atoms with E-state index in [4.69, 9.17) is 24.7 Å². The van der Waals surface area contributed by atoms with E-state index in [1.165, 1.54) is 33.2 Å². The zero-order valence-corrected chi connectivity index (χ0v) is 39.4. The van der Waals surface area contributed by atoms with Gasteiger partial charge in [0.25, 0.3) is 5.91 Å². The fourth-order valence-corrected chi connectivity index (χ4v) is 9.46. The number of nitrogens with two attached hydrogens (primary N) is 1. The molecule has 6 aromatic rings. The molecule has 2 amide bonds. The van der Waals surface area contributed by atoms with Crippen LogP contribution in [0.1, 0.15) is 115 Å². The number of hydrogen-bond donors (Lipinski definition) is 1. The van der Waals surface area contributed by atoms with Gasteiger partial charge in [-0.1, -0.05) is 84.9 Å². The van der Waals surface area contributed by atoms with Crippen LogP contribution < -0.4 is 19.9 Å². The molecular weight excluding hydrogens is 871 g/mol. The molecule has 3 atom stereocenters. The molecule has 2 N–H and O–H groups in total. The van der Waals surface area contributed by atoms with E-state index in [9.17, 15) is 24.5 Å². The van der Waals surface area contributed by atoms with E-state index in [-0.39, 0.29) is 49.3 Å². The minimum absolute atomic E-state index is 0.0301. The van der Waals surface area contributed by atoms with Crippen LogP contribution in [0.3, 0.4) is 0 Å². The summed E-state index contributed by atoms with van der Waals surface area (Å²) in [6.07, 6.45) is 4.19. The lowest BCUT2D eigenvalue weighted by Gasteiger charge is -2.35. The second kappa shape index (κ2) is 21.7. The Labute approximate surface area is 403 Å². The molecule has 2 aliphatic rings. The van der Waals surface area contributed by atoms with Gasteiger partial charge in [-0.3, -0.25) is 24.5 Å². The largest absolute Gasteiger partial charge is 0.494 e. The molecule has 0 spiro atoms. The lowest BCUT2D eigenvalue weighted by molar-refractivity contribution is -0.385. The summed E-state index contributed by atoms with van der Waals surface area (Å²) in [6.45, 7) is 6.70. The molecular formula is C57H59N3O9. The molecule has 12 nitrogen and oxygen atoms in total. The van der Waals surface area contributed by atoms with Crippen LogP contribution in [-0.4, -0.2) is 52.5 Å². The Morgan fingerprint density at radius 1 is 0.754 bits per heavy atom. The van der Waals surface area contributed by atoms with Crippen molar-refractivity contribution < 1.29 is 38.3 Å². The van der Waals surface area contributed by atoms with Crippen molar-refractivity contribution in [2.24, 2.45) is 5.73 Å². The molecule has 0 saturated carbocycles. The molecule has 1 heterocycles. The third-order valence-corrected chi connectivity index (χ3v) is 12.8. The van der Waals surface area contributed by atoms with E-state index < -0.39 is 28.4 Å². The third kappa shape index (κ3) is 12.0. The average molecular weight is 930 g/mol. The fourth-order valence-electron chi connectivity index (χ4n) is 9.46. The molecule has 12 heteroatoms. The number of ether oxygens (including phenoxy) is 4. The van der Waals surface area contributed by atoms with Crippen LogP contribution in [0.2, 0.25) is 0 Å². The van der Waals surface area contributed by atoms with Gasteiger partial charge in [0.15, 0.2) is 5.75 Å². The number of hydrogen-bond acceptors (Lipinski definition) is 9. The maximum atomic E-state index is 13.4. The molecule has 0 fully saturated rings.